The second kappa shape index (κ2) is 5.64. The minimum absolute atomic E-state index is 0.202. The molecule has 7 heteroatoms. The van der Waals surface area contributed by atoms with Gasteiger partial charge in [-0.2, -0.15) is 0 Å². The third-order valence-electron chi connectivity index (χ3n) is 3.69. The lowest BCUT2D eigenvalue weighted by Crippen LogP contribution is -2.50. The first-order valence-electron chi connectivity index (χ1n) is 6.85. The van der Waals surface area contributed by atoms with Gasteiger partial charge in [0.05, 0.1) is 10.4 Å². The molecular weight excluding hydrogens is 321 g/mol. The quantitative estimate of drug-likeness (QED) is 0.915. The number of hydrogen-bond donors (Lipinski definition) is 1. The van der Waals surface area contributed by atoms with Crippen molar-refractivity contribution in [3.63, 3.8) is 0 Å². The van der Waals surface area contributed by atoms with Crippen LogP contribution in [0.4, 0.5) is 4.39 Å². The minimum Gasteiger partial charge on any atom is -0.309 e. The van der Waals surface area contributed by atoms with E-state index in [0.717, 1.165) is 5.75 Å². The molecule has 1 aromatic carbocycles. The van der Waals surface area contributed by atoms with Gasteiger partial charge in [0.15, 0.2) is 0 Å². The number of halogens is 1. The number of benzene rings is 1. The lowest BCUT2D eigenvalue weighted by atomic mass is 10.1. The minimum atomic E-state index is -0.726. The van der Waals surface area contributed by atoms with Crippen LogP contribution in [0.5, 0.6) is 0 Å². The van der Waals surface area contributed by atoms with E-state index in [-0.39, 0.29) is 11.7 Å². The van der Waals surface area contributed by atoms with E-state index in [0.29, 0.717) is 28.2 Å². The molecule has 2 N–H and O–H groups in total. The van der Waals surface area contributed by atoms with Gasteiger partial charge in [-0.3, -0.25) is 4.79 Å². The number of rotatable bonds is 2. The standard InChI is InChI=1S/C15H16FN3OS2/c1-9-3-4-10(7-11(9)16)13-12(18-8-21-13)14(20)19-5-6-22-15(19,2)17/h3-4,7-8H,5-6,17H2,1-2H3. The maximum atomic E-state index is 13.8. The summed E-state index contributed by atoms with van der Waals surface area (Å²) in [5, 5.41) is 0. The fraction of sp³-hybridized carbons (Fsp3) is 0.333. The Balaban J connectivity index is 1.98. The maximum absolute atomic E-state index is 13.8. The van der Waals surface area contributed by atoms with Crippen LogP contribution in [0.15, 0.2) is 23.7 Å². The highest BCUT2D eigenvalue weighted by atomic mass is 32.2. The van der Waals surface area contributed by atoms with Crippen LogP contribution >= 0.6 is 23.1 Å². The van der Waals surface area contributed by atoms with Gasteiger partial charge in [0.1, 0.15) is 16.5 Å². The Bertz CT molecular complexity index is 729. The summed E-state index contributed by atoms with van der Waals surface area (Å²) in [5.41, 5.74) is 9.34. The first-order chi connectivity index (χ1) is 10.4. The Kier molecular flexibility index (Phi) is 3.96. The smallest absolute Gasteiger partial charge is 0.276 e. The van der Waals surface area contributed by atoms with Crippen molar-refractivity contribution < 1.29 is 9.18 Å². The first-order valence-corrected chi connectivity index (χ1v) is 8.71. The molecule has 3 rings (SSSR count). The molecule has 2 aromatic rings. The number of thiazole rings is 1. The topological polar surface area (TPSA) is 59.2 Å². The molecule has 1 amide bonds. The number of aromatic nitrogens is 1. The molecule has 4 nitrogen and oxygen atoms in total. The van der Waals surface area contributed by atoms with Crippen molar-refractivity contribution in [3.8, 4) is 10.4 Å². The highest BCUT2D eigenvalue weighted by Crippen LogP contribution is 2.35. The summed E-state index contributed by atoms with van der Waals surface area (Å²) in [6.45, 7) is 4.12. The monoisotopic (exact) mass is 337 g/mol. The third-order valence-corrected chi connectivity index (χ3v) is 5.76. The average molecular weight is 337 g/mol. The molecule has 1 aliphatic rings. The molecule has 1 saturated heterocycles. The van der Waals surface area contributed by atoms with Crippen molar-refractivity contribution in [2.75, 3.05) is 12.3 Å². The van der Waals surface area contributed by atoms with Crippen LogP contribution in [0, 0.1) is 12.7 Å². The van der Waals surface area contributed by atoms with Crippen LogP contribution in [-0.4, -0.2) is 33.1 Å². The van der Waals surface area contributed by atoms with Crippen LogP contribution < -0.4 is 5.73 Å². The summed E-state index contributed by atoms with van der Waals surface area (Å²) >= 11 is 2.87. The number of amides is 1. The Morgan fingerprint density at radius 2 is 2.27 bits per heavy atom. The Labute approximate surface area is 136 Å². The van der Waals surface area contributed by atoms with Gasteiger partial charge >= 0.3 is 0 Å². The number of thioether (sulfide) groups is 1. The summed E-state index contributed by atoms with van der Waals surface area (Å²) in [6, 6.07) is 4.96. The Morgan fingerprint density at radius 3 is 2.91 bits per heavy atom. The molecule has 22 heavy (non-hydrogen) atoms. The predicted octanol–water partition coefficient (Wildman–Crippen LogP) is 3.08. The van der Waals surface area contributed by atoms with E-state index in [1.165, 1.54) is 29.2 Å². The van der Waals surface area contributed by atoms with Crippen molar-refractivity contribution in [1.29, 1.82) is 0 Å². The van der Waals surface area contributed by atoms with E-state index in [2.05, 4.69) is 4.98 Å². The highest BCUT2D eigenvalue weighted by molar-refractivity contribution is 8.00. The zero-order valence-corrected chi connectivity index (χ0v) is 13.9. The van der Waals surface area contributed by atoms with Gasteiger partial charge in [0.25, 0.3) is 5.91 Å². The molecular formula is C15H16FN3OS2. The van der Waals surface area contributed by atoms with Crippen molar-refractivity contribution in [2.24, 2.45) is 5.73 Å². The van der Waals surface area contributed by atoms with E-state index in [1.807, 2.05) is 13.0 Å². The molecule has 1 aromatic heterocycles. The second-order valence-electron chi connectivity index (χ2n) is 5.35. The van der Waals surface area contributed by atoms with E-state index in [4.69, 9.17) is 5.73 Å². The van der Waals surface area contributed by atoms with Gasteiger partial charge in [-0.1, -0.05) is 12.1 Å². The summed E-state index contributed by atoms with van der Waals surface area (Å²) in [6.07, 6.45) is 0. The van der Waals surface area contributed by atoms with Crippen molar-refractivity contribution in [2.45, 2.75) is 18.8 Å². The van der Waals surface area contributed by atoms with Crippen molar-refractivity contribution in [3.05, 3.63) is 40.8 Å². The van der Waals surface area contributed by atoms with E-state index in [1.54, 1.807) is 23.4 Å². The third kappa shape index (κ3) is 2.64. The predicted molar refractivity (Wildman–Crippen MR) is 88.3 cm³/mol. The number of nitrogens with zero attached hydrogens (tertiary/aromatic N) is 2. The van der Waals surface area contributed by atoms with Crippen LogP contribution in [0.1, 0.15) is 23.0 Å². The van der Waals surface area contributed by atoms with Gasteiger partial charge in [0.2, 0.25) is 0 Å². The van der Waals surface area contributed by atoms with Gasteiger partial charge in [-0.15, -0.1) is 23.1 Å². The summed E-state index contributed by atoms with van der Waals surface area (Å²) in [7, 11) is 0. The molecule has 116 valence electrons. The van der Waals surface area contributed by atoms with E-state index < -0.39 is 4.99 Å². The number of hydrogen-bond acceptors (Lipinski definition) is 5. The highest BCUT2D eigenvalue weighted by Gasteiger charge is 2.38. The molecule has 0 radical (unpaired) electrons. The number of carbonyl (C=O) groups excluding carboxylic acids is 1. The van der Waals surface area contributed by atoms with Gasteiger partial charge < -0.3 is 10.6 Å². The molecule has 0 saturated carbocycles. The number of nitrogens with two attached hydrogens (primary N) is 1. The van der Waals surface area contributed by atoms with Crippen molar-refractivity contribution >= 4 is 29.0 Å². The normalized spacial score (nSPS) is 21.4. The van der Waals surface area contributed by atoms with Gasteiger partial charge in [0, 0.05) is 12.3 Å². The average Bonchev–Trinajstić information content (AvgIpc) is 3.07. The van der Waals surface area contributed by atoms with Gasteiger partial charge in [-0.25, -0.2) is 9.37 Å². The maximum Gasteiger partial charge on any atom is 0.276 e. The lowest BCUT2D eigenvalue weighted by Gasteiger charge is -2.29. The molecule has 2 heterocycles. The largest absolute Gasteiger partial charge is 0.309 e. The molecule has 1 aliphatic heterocycles. The first kappa shape index (κ1) is 15.5. The SMILES string of the molecule is Cc1ccc(-c2scnc2C(=O)N2CCSC2(C)N)cc1F. The van der Waals surface area contributed by atoms with Crippen LogP contribution in [0.2, 0.25) is 0 Å². The lowest BCUT2D eigenvalue weighted by molar-refractivity contribution is 0.0693. The molecule has 1 unspecified atom stereocenters. The zero-order valence-electron chi connectivity index (χ0n) is 12.3. The van der Waals surface area contributed by atoms with Crippen molar-refractivity contribution in [1.82, 2.24) is 9.88 Å². The summed E-state index contributed by atoms with van der Waals surface area (Å²) in [4.78, 5) is 18.5. The number of carbonyl (C=O) groups is 1. The zero-order chi connectivity index (χ0) is 15.9. The molecule has 0 aliphatic carbocycles. The van der Waals surface area contributed by atoms with E-state index >= 15 is 0 Å². The Morgan fingerprint density at radius 1 is 1.50 bits per heavy atom. The second-order valence-corrected chi connectivity index (χ2v) is 7.73. The van der Waals surface area contributed by atoms with Crippen LogP contribution in [0.3, 0.4) is 0 Å². The van der Waals surface area contributed by atoms with Crippen LogP contribution in [-0.2, 0) is 0 Å². The van der Waals surface area contributed by atoms with Gasteiger partial charge in [-0.05, 0) is 31.0 Å². The Hall–Kier alpha value is -1.44. The molecule has 0 bridgehead atoms. The van der Waals surface area contributed by atoms with E-state index in [9.17, 15) is 9.18 Å². The summed E-state index contributed by atoms with van der Waals surface area (Å²) < 4.78 is 13.8. The molecule has 1 fully saturated rings. The number of aryl methyl sites for hydroxylation is 1. The molecule has 0 spiro atoms. The summed E-state index contributed by atoms with van der Waals surface area (Å²) in [5.74, 6) is 0.314. The fourth-order valence-corrected chi connectivity index (χ4v) is 4.21. The molecule has 1 atom stereocenters. The fourth-order valence-electron chi connectivity index (χ4n) is 2.41. The van der Waals surface area contributed by atoms with Crippen LogP contribution in [0.25, 0.3) is 10.4 Å².